The van der Waals surface area contributed by atoms with Gasteiger partial charge in [0, 0.05) is 0 Å². The van der Waals surface area contributed by atoms with Crippen LogP contribution in [-0.4, -0.2) is 78.4 Å². The molecular weight excluding hydrogens is 271 g/mol. The van der Waals surface area contributed by atoms with Crippen LogP contribution in [0.2, 0.25) is 0 Å². The van der Waals surface area contributed by atoms with Crippen LogP contribution in [0.1, 0.15) is 0 Å². The average Bonchev–Trinajstić information content (AvgIpc) is 2.18. The van der Waals surface area contributed by atoms with Gasteiger partial charge >= 0.3 is 93.9 Å². The monoisotopic (exact) mass is 285 g/mol. The zero-order chi connectivity index (χ0) is 11.6. The summed E-state index contributed by atoms with van der Waals surface area (Å²) in [5, 5.41) is 37.1. The zero-order valence-corrected chi connectivity index (χ0v) is 9.44. The summed E-state index contributed by atoms with van der Waals surface area (Å²) in [6, 6.07) is 0. The molecule has 0 aliphatic carbocycles. The zero-order valence-electron chi connectivity index (χ0n) is 7.72. The number of nitrogens with two attached hydrogens (primary N) is 1. The Hall–Kier alpha value is -0.211. The quantitative estimate of drug-likeness (QED) is 0.201. The number of hydrogen-bond acceptors (Lipinski definition) is 6. The number of ether oxygens (including phenoxy) is 1. The van der Waals surface area contributed by atoms with E-state index in [-0.39, 0.29) is 4.73 Å². The molecule has 5 atom stereocenters. The van der Waals surface area contributed by atoms with E-state index in [0.717, 1.165) is 0 Å². The van der Waals surface area contributed by atoms with E-state index in [1.165, 1.54) is 0 Å². The maximum absolute atomic E-state index is 9.48. The fraction of sp³-hybridized carbons (Fsp3) is 0.857. The molecule has 0 spiro atoms. The molecule has 87 valence electrons. The van der Waals surface area contributed by atoms with Gasteiger partial charge < -0.3 is 0 Å². The van der Waals surface area contributed by atoms with Gasteiger partial charge in [0.05, 0.1) is 0 Å². The van der Waals surface area contributed by atoms with Crippen molar-refractivity contribution in [2.75, 3.05) is 6.61 Å². The molecule has 1 fully saturated rings. The summed E-state index contributed by atoms with van der Waals surface area (Å²) in [6.07, 6.45) is -6.24. The third-order valence-electron chi connectivity index (χ3n) is 2.12. The van der Waals surface area contributed by atoms with Gasteiger partial charge in [-0.15, -0.1) is 0 Å². The van der Waals surface area contributed by atoms with E-state index in [1.807, 2.05) is 0 Å². The van der Waals surface area contributed by atoms with E-state index in [4.69, 9.17) is 15.6 Å². The van der Waals surface area contributed by atoms with Gasteiger partial charge in [-0.3, -0.25) is 0 Å². The number of aliphatic imine (C=N–C) groups is 1. The molecule has 1 aliphatic heterocycles. The van der Waals surface area contributed by atoms with Crippen LogP contribution >= 0.6 is 0 Å². The molecule has 1 heterocycles. The fourth-order valence-electron chi connectivity index (χ4n) is 1.31. The second-order valence-electron chi connectivity index (χ2n) is 3.19. The van der Waals surface area contributed by atoms with Gasteiger partial charge in [-0.2, -0.15) is 0 Å². The summed E-state index contributed by atoms with van der Waals surface area (Å²) >= 11 is 2.40. The third kappa shape index (κ3) is 2.88. The summed E-state index contributed by atoms with van der Waals surface area (Å²) < 4.78 is 5.10. The van der Waals surface area contributed by atoms with Crippen LogP contribution in [0.25, 0.3) is 0 Å². The third-order valence-corrected chi connectivity index (χ3v) is 2.34. The van der Waals surface area contributed by atoms with Crippen LogP contribution in [0.3, 0.4) is 0 Å². The van der Waals surface area contributed by atoms with Crippen molar-refractivity contribution in [1.29, 1.82) is 0 Å². The minimum absolute atomic E-state index is 0.0549. The molecule has 15 heavy (non-hydrogen) atoms. The maximum atomic E-state index is 9.48. The molecule has 0 aromatic heterocycles. The molecule has 1 radical (unpaired) electrons. The molecule has 1 saturated heterocycles. The molecule has 7 nitrogen and oxygen atoms in total. The molecule has 1 rings (SSSR count). The molecule has 1 unspecified atom stereocenters. The molecular formula is C7H13N2O5Se. The van der Waals surface area contributed by atoms with Crippen LogP contribution in [0.15, 0.2) is 4.99 Å². The van der Waals surface area contributed by atoms with Crippen LogP contribution in [-0.2, 0) is 4.74 Å². The van der Waals surface area contributed by atoms with Gasteiger partial charge in [0.1, 0.15) is 0 Å². The van der Waals surface area contributed by atoms with Gasteiger partial charge in [-0.1, -0.05) is 0 Å². The Morgan fingerprint density at radius 3 is 2.33 bits per heavy atom. The first-order valence-corrected chi connectivity index (χ1v) is 5.13. The first kappa shape index (κ1) is 12.9. The number of rotatable bonds is 2. The second kappa shape index (κ2) is 5.22. The number of aliphatic hydroxyl groups excluding tert-OH is 4. The molecule has 0 bridgehead atoms. The van der Waals surface area contributed by atoms with Gasteiger partial charge in [0.2, 0.25) is 0 Å². The molecule has 0 amide bonds. The topological polar surface area (TPSA) is 129 Å². The predicted molar refractivity (Wildman–Crippen MR) is 51.1 cm³/mol. The first-order chi connectivity index (χ1) is 6.97. The summed E-state index contributed by atoms with van der Waals surface area (Å²) in [7, 11) is 0. The van der Waals surface area contributed by atoms with Crippen LogP contribution < -0.4 is 5.73 Å². The van der Waals surface area contributed by atoms with Crippen molar-refractivity contribution < 1.29 is 25.2 Å². The van der Waals surface area contributed by atoms with Gasteiger partial charge in [-0.25, -0.2) is 0 Å². The minimum atomic E-state index is -1.43. The number of hydrogen-bond donors (Lipinski definition) is 5. The molecule has 8 heteroatoms. The Morgan fingerprint density at radius 2 is 1.87 bits per heavy atom. The number of amidine groups is 1. The number of nitrogens with zero attached hydrogens (tertiary/aromatic N) is 1. The Bertz CT molecular complexity index is 246. The fourth-order valence-corrected chi connectivity index (χ4v) is 1.53. The SMILES string of the molecule is NC([Se])=NC1O[C@H](CO)[C@@H](O)[C@H](O)[C@H]1O. The molecule has 6 N–H and O–H groups in total. The van der Waals surface area contributed by atoms with Crippen LogP contribution in [0.4, 0.5) is 0 Å². The Labute approximate surface area is 94.4 Å². The van der Waals surface area contributed by atoms with Crippen LogP contribution in [0.5, 0.6) is 0 Å². The normalized spacial score (nSPS) is 42.9. The first-order valence-electron chi connectivity index (χ1n) is 4.28. The van der Waals surface area contributed by atoms with Crippen molar-refractivity contribution in [2.45, 2.75) is 30.6 Å². The van der Waals surface area contributed by atoms with Gasteiger partial charge in [-0.05, 0) is 0 Å². The summed E-state index contributed by atoms with van der Waals surface area (Å²) in [6.45, 7) is -0.482. The van der Waals surface area contributed by atoms with Crippen molar-refractivity contribution in [3.63, 3.8) is 0 Å². The van der Waals surface area contributed by atoms with E-state index in [0.29, 0.717) is 0 Å². The Kier molecular flexibility index (Phi) is 4.47. The summed E-state index contributed by atoms with van der Waals surface area (Å²) in [4.78, 5) is 3.68. The van der Waals surface area contributed by atoms with Gasteiger partial charge in [0.25, 0.3) is 0 Å². The standard InChI is InChI=1S/C7H13N2O5Se/c8-7(15)9-6-5(13)4(12)3(11)2(1-10)14-6/h2-6,10-13H,1H2,(H2,8,9)/t2-,3-,4+,5-,6?/m1/s1. The van der Waals surface area contributed by atoms with E-state index in [2.05, 4.69) is 21.0 Å². The van der Waals surface area contributed by atoms with Crippen LogP contribution in [0, 0.1) is 0 Å². The van der Waals surface area contributed by atoms with Crippen molar-refractivity contribution in [1.82, 2.24) is 0 Å². The molecule has 1 aliphatic rings. The van der Waals surface area contributed by atoms with E-state index in [9.17, 15) is 15.3 Å². The predicted octanol–water partition coefficient (Wildman–Crippen LogP) is -3.73. The average molecular weight is 284 g/mol. The summed E-state index contributed by atoms with van der Waals surface area (Å²) in [5.74, 6) is 0. The number of aliphatic hydroxyl groups is 4. The van der Waals surface area contributed by atoms with Crippen molar-refractivity contribution in [3.05, 3.63) is 0 Å². The van der Waals surface area contributed by atoms with E-state index < -0.39 is 37.3 Å². The van der Waals surface area contributed by atoms with Gasteiger partial charge in [0.15, 0.2) is 0 Å². The molecule has 0 saturated carbocycles. The van der Waals surface area contributed by atoms with E-state index >= 15 is 0 Å². The van der Waals surface area contributed by atoms with Crippen molar-refractivity contribution in [3.8, 4) is 0 Å². The van der Waals surface area contributed by atoms with Crippen molar-refractivity contribution >= 4 is 20.7 Å². The Balaban J connectivity index is 2.78. The van der Waals surface area contributed by atoms with Crippen molar-refractivity contribution in [2.24, 2.45) is 10.7 Å². The second-order valence-corrected chi connectivity index (χ2v) is 4.06. The summed E-state index contributed by atoms with van der Waals surface area (Å²) in [5.41, 5.74) is 5.25. The Morgan fingerprint density at radius 1 is 1.27 bits per heavy atom. The molecule has 0 aromatic carbocycles. The van der Waals surface area contributed by atoms with E-state index in [1.54, 1.807) is 0 Å². The molecule has 0 aromatic rings.